The molecule has 0 unspecified atom stereocenters. The summed E-state index contributed by atoms with van der Waals surface area (Å²) in [7, 11) is 0. The summed E-state index contributed by atoms with van der Waals surface area (Å²) < 4.78 is 4.64. The fourth-order valence-corrected chi connectivity index (χ4v) is 1.52. The molecule has 1 aliphatic carbocycles. The Kier molecular flexibility index (Phi) is 3.88. The van der Waals surface area contributed by atoms with E-state index >= 15 is 0 Å². The van der Waals surface area contributed by atoms with Gasteiger partial charge in [-0.2, -0.15) is 0 Å². The molecule has 14 heavy (non-hydrogen) atoms. The molecular weight excluding hydrogens is 186 g/mol. The lowest BCUT2D eigenvalue weighted by molar-refractivity contribution is -0.143. The summed E-state index contributed by atoms with van der Waals surface area (Å²) in [5.41, 5.74) is 0. The topological polar surface area (TPSA) is 75.6 Å². The molecule has 0 spiro atoms. The first-order valence-corrected chi connectivity index (χ1v) is 4.67. The monoisotopic (exact) mass is 201 g/mol. The summed E-state index contributed by atoms with van der Waals surface area (Å²) in [5, 5.41) is 11.0. The number of aliphatic carboxylic acids is 1. The maximum absolute atomic E-state index is 11.1. The summed E-state index contributed by atoms with van der Waals surface area (Å²) in [6.45, 7) is 1.54. The zero-order valence-corrected chi connectivity index (χ0v) is 8.16. The van der Waals surface area contributed by atoms with Crippen molar-refractivity contribution in [2.24, 2.45) is 5.92 Å². The minimum atomic E-state index is -1.06. The highest BCUT2D eigenvalue weighted by atomic mass is 16.5. The maximum Gasteiger partial charge on any atom is 0.329 e. The zero-order valence-electron chi connectivity index (χ0n) is 8.16. The maximum atomic E-state index is 11.1. The van der Waals surface area contributed by atoms with Crippen LogP contribution in [0, 0.1) is 5.92 Å². The first-order valence-electron chi connectivity index (χ1n) is 4.67. The Hall–Kier alpha value is -1.10. The molecule has 0 radical (unpaired) electrons. The Morgan fingerprint density at radius 1 is 1.43 bits per heavy atom. The van der Waals surface area contributed by atoms with Gasteiger partial charge in [0.05, 0.1) is 0 Å². The van der Waals surface area contributed by atoms with E-state index in [1.54, 1.807) is 0 Å². The second-order valence-electron chi connectivity index (χ2n) is 3.73. The number of hydrogen-bond donors (Lipinski definition) is 2. The van der Waals surface area contributed by atoms with Crippen molar-refractivity contribution in [2.45, 2.75) is 25.8 Å². The highest BCUT2D eigenvalue weighted by Gasteiger charge is 2.26. The average Bonchev–Trinajstić information content (AvgIpc) is 2.00. The van der Waals surface area contributed by atoms with E-state index < -0.39 is 12.6 Å². The van der Waals surface area contributed by atoms with Gasteiger partial charge in [0.2, 0.25) is 5.91 Å². The van der Waals surface area contributed by atoms with Crippen LogP contribution < -0.4 is 5.32 Å². The molecule has 1 fully saturated rings. The van der Waals surface area contributed by atoms with Crippen LogP contribution in [0.25, 0.3) is 0 Å². The van der Waals surface area contributed by atoms with Crippen LogP contribution in [-0.4, -0.2) is 36.2 Å². The highest BCUT2D eigenvalue weighted by molar-refractivity contribution is 5.78. The van der Waals surface area contributed by atoms with Crippen LogP contribution in [0.5, 0.6) is 0 Å². The molecule has 0 aromatic heterocycles. The number of hydrogen-bond acceptors (Lipinski definition) is 3. The van der Waals surface area contributed by atoms with Gasteiger partial charge in [-0.1, -0.05) is 6.92 Å². The third-order valence-corrected chi connectivity index (χ3v) is 2.20. The van der Waals surface area contributed by atoms with E-state index in [0.29, 0.717) is 5.92 Å². The number of rotatable bonds is 5. The lowest BCUT2D eigenvalue weighted by Crippen LogP contribution is -2.44. The van der Waals surface area contributed by atoms with Gasteiger partial charge in [-0.05, 0) is 18.8 Å². The Morgan fingerprint density at radius 3 is 2.57 bits per heavy atom. The van der Waals surface area contributed by atoms with Crippen molar-refractivity contribution in [3.63, 3.8) is 0 Å². The molecule has 1 aliphatic rings. The summed E-state index contributed by atoms with van der Waals surface area (Å²) in [5.74, 6) is -0.613. The van der Waals surface area contributed by atoms with E-state index in [9.17, 15) is 9.59 Å². The number of nitrogens with one attached hydrogen (secondary N) is 1. The second kappa shape index (κ2) is 4.95. The molecule has 1 saturated carbocycles. The largest absolute Gasteiger partial charge is 0.480 e. The Labute approximate surface area is 82.4 Å². The van der Waals surface area contributed by atoms with Crippen molar-refractivity contribution in [2.75, 3.05) is 13.2 Å². The van der Waals surface area contributed by atoms with E-state index in [1.165, 1.54) is 0 Å². The van der Waals surface area contributed by atoms with Crippen LogP contribution in [-0.2, 0) is 14.3 Å². The normalized spacial score (nSPS) is 25.2. The second-order valence-corrected chi connectivity index (χ2v) is 3.73. The molecule has 0 aromatic carbocycles. The van der Waals surface area contributed by atoms with Gasteiger partial charge in [0.15, 0.2) is 0 Å². The van der Waals surface area contributed by atoms with Crippen LogP contribution in [0.4, 0.5) is 0 Å². The first-order chi connectivity index (χ1) is 6.58. The highest BCUT2D eigenvalue weighted by Crippen LogP contribution is 2.25. The summed E-state index contributed by atoms with van der Waals surface area (Å²) in [6.07, 6.45) is 2.01. The van der Waals surface area contributed by atoms with Gasteiger partial charge in [0, 0.05) is 6.04 Å². The van der Waals surface area contributed by atoms with Crippen molar-refractivity contribution in [1.82, 2.24) is 5.32 Å². The van der Waals surface area contributed by atoms with Gasteiger partial charge in [-0.3, -0.25) is 4.79 Å². The van der Waals surface area contributed by atoms with E-state index in [4.69, 9.17) is 5.11 Å². The molecule has 0 bridgehead atoms. The summed E-state index contributed by atoms with van der Waals surface area (Å²) >= 11 is 0. The number of carbonyl (C=O) groups excluding carboxylic acids is 1. The van der Waals surface area contributed by atoms with E-state index in [0.717, 1.165) is 12.8 Å². The molecule has 0 aliphatic heterocycles. The molecule has 80 valence electrons. The molecule has 5 heteroatoms. The predicted octanol–water partition coefficient (Wildman–Crippen LogP) is 0.00230. The standard InChI is InChI=1S/C9H15NO4/c1-6-2-7(3-6)10-8(11)4-14-5-9(12)13/h6-7H,2-5H2,1H3,(H,10,11)(H,12,13). The van der Waals surface area contributed by atoms with Crippen molar-refractivity contribution >= 4 is 11.9 Å². The molecule has 0 saturated heterocycles. The number of amides is 1. The number of carboxylic acid groups (broad SMARTS) is 1. The zero-order chi connectivity index (χ0) is 10.6. The molecule has 0 heterocycles. The fourth-order valence-electron chi connectivity index (χ4n) is 1.52. The van der Waals surface area contributed by atoms with Gasteiger partial charge in [-0.25, -0.2) is 4.79 Å². The molecule has 1 rings (SSSR count). The van der Waals surface area contributed by atoms with Gasteiger partial charge in [0.1, 0.15) is 13.2 Å². The van der Waals surface area contributed by atoms with E-state index in [2.05, 4.69) is 17.0 Å². The van der Waals surface area contributed by atoms with Gasteiger partial charge >= 0.3 is 5.97 Å². The van der Waals surface area contributed by atoms with Crippen molar-refractivity contribution < 1.29 is 19.4 Å². The minimum Gasteiger partial charge on any atom is -0.480 e. The third-order valence-electron chi connectivity index (χ3n) is 2.20. The number of carbonyl (C=O) groups is 2. The van der Waals surface area contributed by atoms with Crippen molar-refractivity contribution in [1.29, 1.82) is 0 Å². The van der Waals surface area contributed by atoms with E-state index in [1.807, 2.05) is 0 Å². The van der Waals surface area contributed by atoms with Gasteiger partial charge in [0.25, 0.3) is 0 Å². The van der Waals surface area contributed by atoms with Crippen LogP contribution in [0.1, 0.15) is 19.8 Å². The lowest BCUT2D eigenvalue weighted by atomic mass is 9.82. The van der Waals surface area contributed by atoms with Crippen molar-refractivity contribution in [3.05, 3.63) is 0 Å². The fraction of sp³-hybridized carbons (Fsp3) is 0.778. The van der Waals surface area contributed by atoms with Gasteiger partial charge < -0.3 is 15.2 Å². The minimum absolute atomic E-state index is 0.169. The molecular formula is C9H15NO4. The predicted molar refractivity (Wildman–Crippen MR) is 48.8 cm³/mol. The SMILES string of the molecule is CC1CC(NC(=O)COCC(=O)O)C1. The quantitative estimate of drug-likeness (QED) is 0.656. The summed E-state index contributed by atoms with van der Waals surface area (Å²) in [4.78, 5) is 21.2. The van der Waals surface area contributed by atoms with Crippen LogP contribution in [0.2, 0.25) is 0 Å². The summed E-state index contributed by atoms with van der Waals surface area (Å²) in [6, 6.07) is 0.255. The number of ether oxygens (including phenoxy) is 1. The third kappa shape index (κ3) is 3.74. The Bertz CT molecular complexity index is 223. The van der Waals surface area contributed by atoms with Crippen LogP contribution in [0.15, 0.2) is 0 Å². The molecule has 5 nitrogen and oxygen atoms in total. The Morgan fingerprint density at radius 2 is 2.07 bits per heavy atom. The van der Waals surface area contributed by atoms with Crippen LogP contribution in [0.3, 0.4) is 0 Å². The molecule has 2 N–H and O–H groups in total. The number of carboxylic acids is 1. The molecule has 0 atom stereocenters. The van der Waals surface area contributed by atoms with Crippen molar-refractivity contribution in [3.8, 4) is 0 Å². The average molecular weight is 201 g/mol. The Balaban J connectivity index is 2.02. The molecule has 0 aromatic rings. The van der Waals surface area contributed by atoms with Gasteiger partial charge in [-0.15, -0.1) is 0 Å². The van der Waals surface area contributed by atoms with E-state index in [-0.39, 0.29) is 18.6 Å². The van der Waals surface area contributed by atoms with Crippen LogP contribution >= 0.6 is 0 Å². The smallest absolute Gasteiger partial charge is 0.329 e. The lowest BCUT2D eigenvalue weighted by Gasteiger charge is -2.33. The molecule has 1 amide bonds. The first kappa shape index (κ1) is 11.0.